The first kappa shape index (κ1) is 10.4. The van der Waals surface area contributed by atoms with Gasteiger partial charge in [-0.15, -0.1) is 0 Å². The molecule has 8 heavy (non-hydrogen) atoms. The van der Waals surface area contributed by atoms with Crippen molar-refractivity contribution in [3.05, 3.63) is 25.3 Å². The third kappa shape index (κ3) is 53.3. The van der Waals surface area contributed by atoms with E-state index in [0.29, 0.717) is 13.1 Å². The summed E-state index contributed by atoms with van der Waals surface area (Å²) in [5.74, 6) is 0. The highest BCUT2D eigenvalue weighted by Gasteiger charge is 1.54. The van der Waals surface area contributed by atoms with Crippen molar-refractivity contribution in [2.75, 3.05) is 13.1 Å². The summed E-state index contributed by atoms with van der Waals surface area (Å²) in [6.07, 6.45) is 3.28. The van der Waals surface area contributed by atoms with Gasteiger partial charge in [-0.1, -0.05) is 25.3 Å². The fourth-order valence-corrected chi connectivity index (χ4v) is 0. The van der Waals surface area contributed by atoms with Gasteiger partial charge in [-0.3, -0.25) is 0 Å². The molecule has 0 amide bonds. The lowest BCUT2D eigenvalue weighted by molar-refractivity contribution is 0.976. The SMILES string of the molecule is C=CC=C.NCCN. The van der Waals surface area contributed by atoms with E-state index in [0.717, 1.165) is 0 Å². The topological polar surface area (TPSA) is 52.0 Å². The average molecular weight is 114 g/mol. The van der Waals surface area contributed by atoms with Gasteiger partial charge < -0.3 is 11.5 Å². The second-order valence-electron chi connectivity index (χ2n) is 1.05. The van der Waals surface area contributed by atoms with Crippen LogP contribution in [0.3, 0.4) is 0 Å². The van der Waals surface area contributed by atoms with E-state index in [1.165, 1.54) is 0 Å². The minimum atomic E-state index is 0.597. The summed E-state index contributed by atoms with van der Waals surface area (Å²) < 4.78 is 0. The third-order valence-electron chi connectivity index (χ3n) is 0.333. The van der Waals surface area contributed by atoms with Crippen LogP contribution >= 0.6 is 0 Å². The van der Waals surface area contributed by atoms with Crippen LogP contribution in [0.25, 0.3) is 0 Å². The second kappa shape index (κ2) is 16.1. The zero-order valence-corrected chi connectivity index (χ0v) is 5.14. The van der Waals surface area contributed by atoms with E-state index in [4.69, 9.17) is 11.5 Å². The molecule has 0 fully saturated rings. The quantitative estimate of drug-likeness (QED) is 0.506. The van der Waals surface area contributed by atoms with Crippen molar-refractivity contribution in [3.8, 4) is 0 Å². The van der Waals surface area contributed by atoms with Crippen LogP contribution in [0.15, 0.2) is 25.3 Å². The molecular formula is C6H14N2. The van der Waals surface area contributed by atoms with Gasteiger partial charge in [0.2, 0.25) is 0 Å². The zero-order chi connectivity index (χ0) is 6.83. The molecule has 0 radical (unpaired) electrons. The highest BCUT2D eigenvalue weighted by Crippen LogP contribution is 1.52. The van der Waals surface area contributed by atoms with Crippen LogP contribution in [0.2, 0.25) is 0 Å². The molecule has 0 aromatic rings. The lowest BCUT2D eigenvalue weighted by Gasteiger charge is -1.72. The van der Waals surface area contributed by atoms with E-state index >= 15 is 0 Å². The van der Waals surface area contributed by atoms with E-state index in [1.54, 1.807) is 12.2 Å². The van der Waals surface area contributed by atoms with Gasteiger partial charge in [0.25, 0.3) is 0 Å². The van der Waals surface area contributed by atoms with Gasteiger partial charge in [-0.25, -0.2) is 0 Å². The molecule has 0 saturated heterocycles. The summed E-state index contributed by atoms with van der Waals surface area (Å²) in [4.78, 5) is 0. The van der Waals surface area contributed by atoms with Gasteiger partial charge in [0.1, 0.15) is 0 Å². The monoisotopic (exact) mass is 114 g/mol. The van der Waals surface area contributed by atoms with Gasteiger partial charge in [-0.05, 0) is 0 Å². The van der Waals surface area contributed by atoms with Crippen molar-refractivity contribution in [1.29, 1.82) is 0 Å². The Morgan fingerprint density at radius 1 is 1.00 bits per heavy atom. The highest BCUT2D eigenvalue weighted by atomic mass is 14.6. The first-order chi connectivity index (χ1) is 3.83. The van der Waals surface area contributed by atoms with Crippen molar-refractivity contribution in [1.82, 2.24) is 0 Å². The van der Waals surface area contributed by atoms with Crippen molar-refractivity contribution >= 4 is 0 Å². The molecule has 0 spiro atoms. The Morgan fingerprint density at radius 3 is 1.25 bits per heavy atom. The first-order valence-electron chi connectivity index (χ1n) is 2.47. The average Bonchev–Trinajstić information content (AvgIpc) is 1.88. The molecule has 0 atom stereocenters. The van der Waals surface area contributed by atoms with E-state index in [1.807, 2.05) is 0 Å². The van der Waals surface area contributed by atoms with Crippen molar-refractivity contribution in [2.24, 2.45) is 11.5 Å². The summed E-state index contributed by atoms with van der Waals surface area (Å²) >= 11 is 0. The maximum absolute atomic E-state index is 4.90. The highest BCUT2D eigenvalue weighted by molar-refractivity contribution is 4.88. The minimum absolute atomic E-state index is 0.597. The van der Waals surface area contributed by atoms with Crippen LogP contribution in [-0.2, 0) is 0 Å². The molecular weight excluding hydrogens is 100 g/mol. The summed E-state index contributed by atoms with van der Waals surface area (Å²) in [5.41, 5.74) is 9.81. The summed E-state index contributed by atoms with van der Waals surface area (Å²) in [6, 6.07) is 0. The lowest BCUT2D eigenvalue weighted by atomic mass is 10.6. The number of rotatable bonds is 2. The summed E-state index contributed by atoms with van der Waals surface area (Å²) in [7, 11) is 0. The summed E-state index contributed by atoms with van der Waals surface area (Å²) in [6.45, 7) is 7.92. The van der Waals surface area contributed by atoms with Gasteiger partial charge >= 0.3 is 0 Å². The number of nitrogens with two attached hydrogens (primary N) is 2. The Kier molecular flexibility index (Phi) is 21.0. The number of allylic oxidation sites excluding steroid dienone is 2. The molecule has 0 aliphatic heterocycles. The van der Waals surface area contributed by atoms with E-state index < -0.39 is 0 Å². The molecule has 0 saturated carbocycles. The number of hydrogen-bond acceptors (Lipinski definition) is 2. The Bertz CT molecular complexity index is 42.5. The van der Waals surface area contributed by atoms with Crippen molar-refractivity contribution in [2.45, 2.75) is 0 Å². The van der Waals surface area contributed by atoms with E-state index in [9.17, 15) is 0 Å². The molecule has 0 rings (SSSR count). The first-order valence-corrected chi connectivity index (χ1v) is 2.47. The maximum Gasteiger partial charge on any atom is 0.00461 e. The molecule has 2 heteroatoms. The lowest BCUT2D eigenvalue weighted by Crippen LogP contribution is -2.11. The minimum Gasteiger partial charge on any atom is -0.329 e. The van der Waals surface area contributed by atoms with E-state index in [-0.39, 0.29) is 0 Å². The molecule has 2 nitrogen and oxygen atoms in total. The van der Waals surface area contributed by atoms with Crippen LogP contribution in [0.5, 0.6) is 0 Å². The normalized spacial score (nSPS) is 6.25. The van der Waals surface area contributed by atoms with Gasteiger partial charge in [0.05, 0.1) is 0 Å². The summed E-state index contributed by atoms with van der Waals surface area (Å²) in [5, 5.41) is 0. The predicted octanol–water partition coefficient (Wildman–Crippen LogP) is 0.262. The molecule has 0 aliphatic carbocycles. The van der Waals surface area contributed by atoms with Crippen molar-refractivity contribution in [3.63, 3.8) is 0 Å². The molecule has 0 aromatic heterocycles. The zero-order valence-electron chi connectivity index (χ0n) is 5.14. The van der Waals surface area contributed by atoms with Crippen LogP contribution in [-0.4, -0.2) is 13.1 Å². The Hall–Kier alpha value is -0.600. The molecule has 0 aliphatic rings. The van der Waals surface area contributed by atoms with Crippen LogP contribution in [0, 0.1) is 0 Å². The largest absolute Gasteiger partial charge is 0.329 e. The van der Waals surface area contributed by atoms with Gasteiger partial charge in [0, 0.05) is 13.1 Å². The Balaban J connectivity index is 0. The smallest absolute Gasteiger partial charge is 0.00461 e. The fourth-order valence-electron chi connectivity index (χ4n) is 0. The molecule has 4 N–H and O–H groups in total. The van der Waals surface area contributed by atoms with Crippen LogP contribution in [0.4, 0.5) is 0 Å². The number of hydrogen-bond donors (Lipinski definition) is 2. The van der Waals surface area contributed by atoms with Gasteiger partial charge in [0.15, 0.2) is 0 Å². The molecule has 48 valence electrons. The van der Waals surface area contributed by atoms with E-state index in [2.05, 4.69) is 13.2 Å². The second-order valence-corrected chi connectivity index (χ2v) is 1.05. The van der Waals surface area contributed by atoms with Crippen LogP contribution < -0.4 is 11.5 Å². The maximum atomic E-state index is 4.90. The third-order valence-corrected chi connectivity index (χ3v) is 0.333. The molecule has 0 unspecified atom stereocenters. The molecule has 0 aromatic carbocycles. The predicted molar refractivity (Wildman–Crippen MR) is 38.5 cm³/mol. The van der Waals surface area contributed by atoms with Crippen molar-refractivity contribution < 1.29 is 0 Å². The molecule has 0 heterocycles. The van der Waals surface area contributed by atoms with Crippen LogP contribution in [0.1, 0.15) is 0 Å². The Morgan fingerprint density at radius 2 is 1.25 bits per heavy atom. The standard InChI is InChI=1S/C4H6.C2H8N2/c1-3-4-2;3-1-2-4/h3-4H,1-2H2;1-4H2. The van der Waals surface area contributed by atoms with Gasteiger partial charge in [-0.2, -0.15) is 0 Å². The molecule has 0 bridgehead atoms. The Labute approximate surface area is 50.9 Å². The fraction of sp³-hybridized carbons (Fsp3) is 0.333.